The Hall–Kier alpha value is -1.56. The number of hydrogen-bond donors (Lipinski definition) is 1. The van der Waals surface area contributed by atoms with Crippen LogP contribution in [0.1, 0.15) is 28.8 Å². The molecule has 148 valence electrons. The molecule has 28 heavy (non-hydrogen) atoms. The van der Waals surface area contributed by atoms with Crippen molar-refractivity contribution in [1.82, 2.24) is 0 Å². The molecule has 2 N–H and O–H groups in total. The molecule has 0 fully saturated rings. The first-order chi connectivity index (χ1) is 13.5. The van der Waals surface area contributed by atoms with Crippen molar-refractivity contribution in [3.63, 3.8) is 0 Å². The normalized spacial score (nSPS) is 13.1. The summed E-state index contributed by atoms with van der Waals surface area (Å²) < 4.78 is 29.9. The van der Waals surface area contributed by atoms with Crippen molar-refractivity contribution < 1.29 is 25.7 Å². The van der Waals surface area contributed by atoms with E-state index < -0.39 is 22.1 Å². The molecule has 0 aromatic heterocycles. The summed E-state index contributed by atoms with van der Waals surface area (Å²) in [6, 6.07) is 24.1. The first kappa shape index (κ1) is 22.7. The Bertz CT molecular complexity index is 953. The monoisotopic (exact) mass is 502 g/mol. The van der Waals surface area contributed by atoms with Crippen LogP contribution >= 0.6 is 9.69 Å². The SMILES string of the molecule is Cc1ccc(S(=O)(=O)[N-][C@H](c2ccccc2)[C@H](N)c2ccccc2)cc1.[Cl][Ru+]. The van der Waals surface area contributed by atoms with Crippen molar-refractivity contribution in [1.29, 1.82) is 0 Å². The van der Waals surface area contributed by atoms with Crippen LogP contribution in [0.3, 0.4) is 0 Å². The minimum atomic E-state index is -3.83. The van der Waals surface area contributed by atoms with Gasteiger partial charge in [-0.25, -0.2) is 8.42 Å². The van der Waals surface area contributed by atoms with E-state index in [-0.39, 0.29) is 4.90 Å². The number of hydrogen-bond acceptors (Lipinski definition) is 3. The van der Waals surface area contributed by atoms with Gasteiger partial charge in [-0.05, 0) is 24.6 Å². The first-order valence-corrected chi connectivity index (χ1v) is 12.2. The van der Waals surface area contributed by atoms with Gasteiger partial charge < -0.3 is 10.5 Å². The van der Waals surface area contributed by atoms with E-state index in [9.17, 15) is 8.42 Å². The number of rotatable bonds is 6. The zero-order valence-electron chi connectivity index (χ0n) is 15.2. The average Bonchev–Trinajstić information content (AvgIpc) is 2.74. The zero-order chi connectivity index (χ0) is 20.6. The van der Waals surface area contributed by atoms with Crippen molar-refractivity contribution in [3.8, 4) is 0 Å². The van der Waals surface area contributed by atoms with E-state index in [2.05, 4.69) is 14.4 Å². The van der Waals surface area contributed by atoms with Gasteiger partial charge in [0.25, 0.3) is 0 Å². The van der Waals surface area contributed by atoms with Crippen molar-refractivity contribution in [2.24, 2.45) is 5.73 Å². The van der Waals surface area contributed by atoms with Crippen LogP contribution in [0.25, 0.3) is 4.72 Å². The molecule has 0 saturated carbocycles. The Morgan fingerprint density at radius 2 is 1.29 bits per heavy atom. The molecule has 4 nitrogen and oxygen atoms in total. The second-order valence-corrected chi connectivity index (χ2v) is 7.82. The fourth-order valence-electron chi connectivity index (χ4n) is 2.76. The molecule has 3 rings (SSSR count). The molecular formula is C21H21ClN2O2RuS. The van der Waals surface area contributed by atoms with Gasteiger partial charge in [0.2, 0.25) is 0 Å². The standard InChI is InChI=1S/C21H21N2O2S.ClH.Ru/c1-16-12-14-19(15-13-16)26(24,25)23-21(18-10-6-3-7-11-18)20(22)17-8-4-2-5-9-17;;/h2-15,20-21H,22H2,1H3;1H;/q-1;;+2/p-1/t20-,21-;;/m1../s1. The van der Waals surface area contributed by atoms with Crippen LogP contribution in [0.5, 0.6) is 0 Å². The third kappa shape index (κ3) is 5.97. The van der Waals surface area contributed by atoms with Gasteiger partial charge in [0.05, 0.1) is 0 Å². The van der Waals surface area contributed by atoms with Crippen LogP contribution in [0.2, 0.25) is 0 Å². The van der Waals surface area contributed by atoms with Crippen LogP contribution in [0.4, 0.5) is 0 Å². The summed E-state index contributed by atoms with van der Waals surface area (Å²) in [7, 11) is 0.736. The molecule has 0 saturated heterocycles. The van der Waals surface area contributed by atoms with Gasteiger partial charge in [-0.1, -0.05) is 90.0 Å². The van der Waals surface area contributed by atoms with Crippen LogP contribution in [0, 0.1) is 6.92 Å². The number of nitrogens with two attached hydrogens (primary N) is 1. The summed E-state index contributed by atoms with van der Waals surface area (Å²) in [5, 5.41) is 0. The van der Waals surface area contributed by atoms with Crippen molar-refractivity contribution in [2.75, 3.05) is 0 Å². The van der Waals surface area contributed by atoms with Gasteiger partial charge >= 0.3 is 27.0 Å². The molecule has 0 aliphatic carbocycles. The predicted octanol–water partition coefficient (Wildman–Crippen LogP) is 5.19. The van der Waals surface area contributed by atoms with Crippen LogP contribution in [-0.2, 0) is 27.3 Å². The third-order valence-corrected chi connectivity index (χ3v) is 5.61. The zero-order valence-corrected chi connectivity index (χ0v) is 18.5. The van der Waals surface area contributed by atoms with Gasteiger partial charge in [0.1, 0.15) is 10.0 Å². The Balaban J connectivity index is 0.00000136. The van der Waals surface area contributed by atoms with E-state index in [1.165, 1.54) is 0 Å². The maximum atomic E-state index is 12.8. The second kappa shape index (κ2) is 10.8. The number of sulfonamides is 1. The van der Waals surface area contributed by atoms with Gasteiger partial charge in [0, 0.05) is 10.9 Å². The van der Waals surface area contributed by atoms with Gasteiger partial charge in [-0.15, -0.1) is 0 Å². The van der Waals surface area contributed by atoms with E-state index in [1.54, 1.807) is 24.3 Å². The molecular weight excluding hydrogens is 481 g/mol. The number of benzene rings is 3. The van der Waals surface area contributed by atoms with E-state index >= 15 is 0 Å². The summed E-state index contributed by atoms with van der Waals surface area (Å²) in [4.78, 5) is 0.171. The van der Waals surface area contributed by atoms with Crippen molar-refractivity contribution in [3.05, 3.63) is 106 Å². The molecule has 0 radical (unpaired) electrons. The third-order valence-electron chi connectivity index (χ3n) is 4.24. The molecule has 0 spiro atoms. The summed E-state index contributed by atoms with van der Waals surface area (Å²) in [6.45, 7) is 1.91. The predicted molar refractivity (Wildman–Crippen MR) is 110 cm³/mol. The number of nitrogens with zero attached hydrogens (tertiary/aromatic N) is 1. The summed E-state index contributed by atoms with van der Waals surface area (Å²) in [6.07, 6.45) is 0. The molecule has 0 amide bonds. The number of aryl methyl sites for hydroxylation is 1. The Morgan fingerprint density at radius 3 is 1.79 bits per heavy atom. The molecule has 0 unspecified atom stereocenters. The van der Waals surface area contributed by atoms with E-state index in [4.69, 9.17) is 5.73 Å². The Labute approximate surface area is 180 Å². The minimum absolute atomic E-state index is 0.171. The van der Waals surface area contributed by atoms with Gasteiger partial charge in [-0.2, -0.15) is 0 Å². The summed E-state index contributed by atoms with van der Waals surface area (Å²) in [5.41, 5.74) is 9.01. The van der Waals surface area contributed by atoms with Crippen LogP contribution in [0.15, 0.2) is 89.8 Å². The Kier molecular flexibility index (Phi) is 8.80. The fraction of sp³-hybridized carbons (Fsp3) is 0.143. The van der Waals surface area contributed by atoms with Crippen LogP contribution < -0.4 is 5.73 Å². The summed E-state index contributed by atoms with van der Waals surface area (Å²) >= 11 is 1.82. The molecule has 3 aromatic rings. The van der Waals surface area contributed by atoms with Crippen molar-refractivity contribution in [2.45, 2.75) is 23.9 Å². The molecule has 7 heteroatoms. The van der Waals surface area contributed by atoms with E-state index in [0.29, 0.717) is 0 Å². The molecule has 2 atom stereocenters. The molecule has 3 aromatic carbocycles. The van der Waals surface area contributed by atoms with Crippen LogP contribution in [-0.4, -0.2) is 8.42 Å². The van der Waals surface area contributed by atoms with Gasteiger partial charge in [-0.3, -0.25) is 0 Å². The van der Waals surface area contributed by atoms with E-state index in [1.807, 2.05) is 84.9 Å². The Morgan fingerprint density at radius 1 is 0.821 bits per heavy atom. The second-order valence-electron chi connectivity index (χ2n) is 6.19. The quantitative estimate of drug-likeness (QED) is 0.472. The maximum absolute atomic E-state index is 12.8. The fourth-order valence-corrected chi connectivity index (χ4v) is 3.92. The average molecular weight is 502 g/mol. The number of halogens is 1. The molecule has 0 aliphatic rings. The topological polar surface area (TPSA) is 74.3 Å². The van der Waals surface area contributed by atoms with E-state index in [0.717, 1.165) is 16.7 Å². The first-order valence-electron chi connectivity index (χ1n) is 8.50. The summed E-state index contributed by atoms with van der Waals surface area (Å²) in [5.74, 6) is 0. The van der Waals surface area contributed by atoms with Crippen molar-refractivity contribution >= 4 is 19.7 Å². The van der Waals surface area contributed by atoms with Gasteiger partial charge in [0.15, 0.2) is 0 Å². The molecule has 0 bridgehead atoms. The molecule has 0 heterocycles. The molecule has 0 aliphatic heterocycles.